The lowest BCUT2D eigenvalue weighted by Crippen LogP contribution is -2.55. The number of nitrogens with zero attached hydrogens (tertiary/aromatic N) is 5. The van der Waals surface area contributed by atoms with E-state index in [9.17, 15) is 47.8 Å². The van der Waals surface area contributed by atoms with Crippen molar-refractivity contribution in [3.8, 4) is 11.6 Å². The third kappa shape index (κ3) is 9.14. The number of likely N-dealkylation sites (tertiary alicyclic amines) is 1. The maximum atomic E-state index is 13.4. The highest BCUT2D eigenvalue weighted by Crippen LogP contribution is 2.22. The number of alkyl halides is 2. The highest BCUT2D eigenvalue weighted by Gasteiger charge is 2.35. The van der Waals surface area contributed by atoms with E-state index in [0.717, 1.165) is 4.90 Å². The number of rotatable bonds is 13. The van der Waals surface area contributed by atoms with Gasteiger partial charge in [0.1, 0.15) is 12.1 Å². The molecule has 4 rings (SSSR count). The summed E-state index contributed by atoms with van der Waals surface area (Å²) in [7, 11) is 0. The van der Waals surface area contributed by atoms with Gasteiger partial charge in [-0.1, -0.05) is 18.2 Å². The number of hydrogen-bond donors (Lipinski definition) is 4. The Bertz CT molecular complexity index is 1470. The Labute approximate surface area is 267 Å². The van der Waals surface area contributed by atoms with Gasteiger partial charge in [0.15, 0.2) is 12.3 Å². The number of aromatic nitrogens is 2. The number of carboxylic acids is 1. The smallest absolute Gasteiger partial charge is 0.407 e. The van der Waals surface area contributed by atoms with Crippen molar-refractivity contribution in [1.29, 1.82) is 0 Å². The topological polar surface area (TPSA) is 204 Å². The number of amides is 5. The molecule has 0 radical (unpaired) electrons. The van der Waals surface area contributed by atoms with E-state index in [2.05, 4.69) is 15.7 Å². The van der Waals surface area contributed by atoms with Crippen molar-refractivity contribution in [2.45, 2.75) is 44.2 Å². The Balaban J connectivity index is 1.49. The summed E-state index contributed by atoms with van der Waals surface area (Å²) in [6.07, 6.45) is -3.75. The van der Waals surface area contributed by atoms with Crippen LogP contribution in [0.5, 0.6) is 5.88 Å². The summed E-state index contributed by atoms with van der Waals surface area (Å²) in [6.45, 7) is -0.951. The van der Waals surface area contributed by atoms with Gasteiger partial charge in [-0.3, -0.25) is 24.0 Å². The number of aliphatic carboxylic acids is 1. The first-order chi connectivity index (χ1) is 22.4. The molecule has 18 heteroatoms. The van der Waals surface area contributed by atoms with Gasteiger partial charge in [-0.05, 0) is 31.4 Å². The molecule has 254 valence electrons. The van der Waals surface area contributed by atoms with Gasteiger partial charge in [0.05, 0.1) is 12.2 Å². The van der Waals surface area contributed by atoms with Crippen LogP contribution in [0.2, 0.25) is 0 Å². The second-order valence-corrected chi connectivity index (χ2v) is 10.8. The van der Waals surface area contributed by atoms with Gasteiger partial charge in [-0.2, -0.15) is 5.10 Å². The molecule has 5 amide bonds. The summed E-state index contributed by atoms with van der Waals surface area (Å²) in [6, 6.07) is 7.49. The summed E-state index contributed by atoms with van der Waals surface area (Å²) < 4.78 is 32.1. The molecule has 0 spiro atoms. The number of para-hydroxylation sites is 1. The summed E-state index contributed by atoms with van der Waals surface area (Å²) in [5.74, 6) is -3.92. The largest absolute Gasteiger partial charge is 0.481 e. The molecule has 0 unspecified atom stereocenters. The van der Waals surface area contributed by atoms with Gasteiger partial charge in [0.25, 0.3) is 18.2 Å². The number of carbonyl (C=O) groups excluding carboxylic acids is 4. The van der Waals surface area contributed by atoms with Gasteiger partial charge in [0.2, 0.25) is 17.7 Å². The molecule has 1 aromatic heterocycles. The molecule has 2 atom stereocenters. The Morgan fingerprint density at radius 1 is 0.979 bits per heavy atom. The predicted molar refractivity (Wildman–Crippen MR) is 157 cm³/mol. The van der Waals surface area contributed by atoms with Crippen LogP contribution in [0.15, 0.2) is 36.4 Å². The lowest BCUT2D eigenvalue weighted by Gasteiger charge is -2.35. The molecule has 47 heavy (non-hydrogen) atoms. The van der Waals surface area contributed by atoms with Crippen molar-refractivity contribution >= 4 is 35.7 Å². The van der Waals surface area contributed by atoms with Crippen LogP contribution in [-0.4, -0.2) is 135 Å². The molecule has 0 saturated carbocycles. The Kier molecular flexibility index (Phi) is 11.6. The monoisotopic (exact) mass is 663 g/mol. The van der Waals surface area contributed by atoms with E-state index >= 15 is 0 Å². The van der Waals surface area contributed by atoms with E-state index in [1.54, 1.807) is 30.3 Å². The minimum absolute atomic E-state index is 0.0363. The maximum Gasteiger partial charge on any atom is 0.407 e. The molecule has 0 bridgehead atoms. The summed E-state index contributed by atoms with van der Waals surface area (Å²) in [5, 5.41) is 27.4. The molecule has 1 aromatic carbocycles. The Hall–Kier alpha value is -5.29. The number of nitrogens with one attached hydrogen (secondary N) is 2. The summed E-state index contributed by atoms with van der Waals surface area (Å²) in [4.78, 5) is 78.4. The second kappa shape index (κ2) is 15.8. The standard InChI is InChI=1S/C29H35F2N7O9/c30-22(31)16-32-27(43)21-7-4-10-37(21)23(39)17-47-24-15-20(34-38(24)18-5-2-1-3-6-18)26(42)33-19(8-9-25(40)41)28(44)35-11-13-36(14-12-35)29(45)46/h1-3,5-6,15,19,21-22H,4,7-14,16-17H2,(H,32,43)(H,33,42)(H,40,41)(H,45,46)/t19-,21-/m0/s1. The van der Waals surface area contributed by atoms with Crippen LogP contribution in [0.1, 0.15) is 36.2 Å². The summed E-state index contributed by atoms with van der Waals surface area (Å²) >= 11 is 0. The number of halogens is 2. The number of carbonyl (C=O) groups is 6. The number of hydrogen-bond acceptors (Lipinski definition) is 8. The van der Waals surface area contributed by atoms with E-state index in [0.29, 0.717) is 18.5 Å². The second-order valence-electron chi connectivity index (χ2n) is 10.8. The van der Waals surface area contributed by atoms with Crippen molar-refractivity contribution in [3.63, 3.8) is 0 Å². The SMILES string of the molecule is O=C(O)CC[C@H](NC(=O)c1cc(OCC(=O)N2CCC[C@H]2C(=O)NCC(F)F)n(-c2ccccc2)n1)C(=O)N1CCN(C(=O)O)CC1. The number of benzene rings is 1. The fourth-order valence-corrected chi connectivity index (χ4v) is 5.28. The highest BCUT2D eigenvalue weighted by atomic mass is 19.3. The Morgan fingerprint density at radius 3 is 2.30 bits per heavy atom. The van der Waals surface area contributed by atoms with Crippen LogP contribution in [0.3, 0.4) is 0 Å². The van der Waals surface area contributed by atoms with Gasteiger partial charge in [-0.15, -0.1) is 0 Å². The molecular formula is C29H35F2N7O9. The van der Waals surface area contributed by atoms with E-state index in [1.807, 2.05) is 0 Å². The highest BCUT2D eigenvalue weighted by molar-refractivity contribution is 5.96. The molecule has 2 aliphatic rings. The molecule has 3 heterocycles. The molecule has 2 aliphatic heterocycles. The van der Waals surface area contributed by atoms with Crippen molar-refractivity contribution in [1.82, 2.24) is 35.1 Å². The normalized spacial score (nSPS) is 16.9. The molecule has 4 N–H and O–H groups in total. The zero-order valence-electron chi connectivity index (χ0n) is 25.2. The van der Waals surface area contributed by atoms with Crippen LogP contribution in [0.4, 0.5) is 13.6 Å². The van der Waals surface area contributed by atoms with Crippen LogP contribution >= 0.6 is 0 Å². The van der Waals surface area contributed by atoms with Gasteiger partial charge >= 0.3 is 12.1 Å². The average molecular weight is 664 g/mol. The van der Waals surface area contributed by atoms with Gasteiger partial charge < -0.3 is 40.3 Å². The maximum absolute atomic E-state index is 13.4. The van der Waals surface area contributed by atoms with Crippen molar-refractivity contribution in [2.75, 3.05) is 45.9 Å². The van der Waals surface area contributed by atoms with Crippen LogP contribution in [0.25, 0.3) is 5.69 Å². The fourth-order valence-electron chi connectivity index (χ4n) is 5.28. The number of piperazine rings is 1. The van der Waals surface area contributed by atoms with Crippen LogP contribution < -0.4 is 15.4 Å². The van der Waals surface area contributed by atoms with Gasteiger partial charge in [-0.25, -0.2) is 18.3 Å². The fraction of sp³-hybridized carbons (Fsp3) is 0.483. The number of ether oxygens (including phenoxy) is 1. The molecule has 2 saturated heterocycles. The first kappa shape index (κ1) is 34.6. The van der Waals surface area contributed by atoms with E-state index in [4.69, 9.17) is 4.74 Å². The molecule has 0 aliphatic carbocycles. The Morgan fingerprint density at radius 2 is 1.66 bits per heavy atom. The van der Waals surface area contributed by atoms with Gasteiger partial charge in [0, 0.05) is 45.2 Å². The first-order valence-corrected chi connectivity index (χ1v) is 14.9. The zero-order valence-corrected chi connectivity index (χ0v) is 25.2. The lowest BCUT2D eigenvalue weighted by atomic mass is 10.1. The predicted octanol–water partition coefficient (Wildman–Crippen LogP) is 0.409. The minimum atomic E-state index is -2.74. The number of carboxylic acid groups (broad SMARTS) is 2. The molecule has 16 nitrogen and oxygen atoms in total. The first-order valence-electron chi connectivity index (χ1n) is 14.9. The van der Waals surface area contributed by atoms with Crippen LogP contribution in [-0.2, 0) is 19.2 Å². The van der Waals surface area contributed by atoms with E-state index in [-0.39, 0.29) is 50.7 Å². The average Bonchev–Trinajstić information content (AvgIpc) is 3.73. The van der Waals surface area contributed by atoms with Crippen molar-refractivity contribution in [2.24, 2.45) is 0 Å². The van der Waals surface area contributed by atoms with Crippen molar-refractivity contribution < 1.29 is 52.5 Å². The molecule has 2 aromatic rings. The van der Waals surface area contributed by atoms with Crippen LogP contribution in [0, 0.1) is 0 Å². The van der Waals surface area contributed by atoms with E-state index in [1.165, 1.54) is 20.5 Å². The zero-order chi connectivity index (χ0) is 34.1. The summed E-state index contributed by atoms with van der Waals surface area (Å²) in [5.41, 5.74) is 0.236. The third-order valence-corrected chi connectivity index (χ3v) is 7.67. The molecular weight excluding hydrogens is 628 g/mol. The molecule has 2 fully saturated rings. The quantitative estimate of drug-likeness (QED) is 0.232. The minimum Gasteiger partial charge on any atom is -0.481 e. The van der Waals surface area contributed by atoms with Crippen molar-refractivity contribution in [3.05, 3.63) is 42.1 Å². The van der Waals surface area contributed by atoms with E-state index < -0.39 is 73.8 Å². The lowest BCUT2D eigenvalue weighted by molar-refractivity contribution is -0.140. The third-order valence-electron chi connectivity index (χ3n) is 7.67.